The minimum absolute atomic E-state index is 0.138. The number of esters is 1. The maximum absolute atomic E-state index is 12.9. The summed E-state index contributed by atoms with van der Waals surface area (Å²) in [5, 5.41) is 2.65. The molecular weight excluding hydrogens is 436 g/mol. The number of nitrogens with zero attached hydrogens (tertiary/aromatic N) is 1. The molecule has 0 spiro atoms. The number of rotatable bonds is 7. The molecule has 0 unspecified atom stereocenters. The Morgan fingerprint density at radius 1 is 0.941 bits per heavy atom. The lowest BCUT2D eigenvalue weighted by atomic mass is 9.85. The van der Waals surface area contributed by atoms with Crippen LogP contribution in [0.2, 0.25) is 0 Å². The number of carbonyl (C=O) groups excluding carboxylic acids is 4. The summed E-state index contributed by atoms with van der Waals surface area (Å²) in [6, 6.07) is 13.0. The summed E-state index contributed by atoms with van der Waals surface area (Å²) in [5.74, 6) is -1.08. The van der Waals surface area contributed by atoms with Gasteiger partial charge in [0.25, 0.3) is 5.91 Å². The molecule has 2 aromatic carbocycles. The van der Waals surface area contributed by atoms with Crippen LogP contribution in [-0.4, -0.2) is 36.9 Å². The van der Waals surface area contributed by atoms with Crippen LogP contribution in [0, 0.1) is 23.7 Å². The Morgan fingerprint density at radius 3 is 2.15 bits per heavy atom. The number of hydrogen-bond donors (Lipinski definition) is 1. The summed E-state index contributed by atoms with van der Waals surface area (Å²) >= 11 is 0. The van der Waals surface area contributed by atoms with Gasteiger partial charge in [-0.05, 0) is 73.7 Å². The summed E-state index contributed by atoms with van der Waals surface area (Å²) in [6.45, 7) is 1.98. The second-order valence-corrected chi connectivity index (χ2v) is 8.64. The third kappa shape index (κ3) is 3.85. The Bertz CT molecular complexity index is 1140. The van der Waals surface area contributed by atoms with E-state index in [9.17, 15) is 19.2 Å². The molecule has 1 saturated heterocycles. The third-order valence-electron chi connectivity index (χ3n) is 6.61. The Labute approximate surface area is 196 Å². The van der Waals surface area contributed by atoms with Crippen molar-refractivity contribution in [3.63, 3.8) is 0 Å². The highest BCUT2D eigenvalue weighted by molar-refractivity contribution is 6.22. The molecule has 4 atom stereocenters. The largest absolute Gasteiger partial charge is 0.494 e. The molecule has 2 bridgehead atoms. The van der Waals surface area contributed by atoms with Crippen LogP contribution in [0.15, 0.2) is 60.7 Å². The minimum Gasteiger partial charge on any atom is -0.494 e. The molecule has 1 N–H and O–H groups in total. The number of anilines is 2. The van der Waals surface area contributed by atoms with E-state index in [2.05, 4.69) is 5.32 Å². The number of imide groups is 1. The highest BCUT2D eigenvalue weighted by Gasteiger charge is 2.59. The molecule has 5 rings (SSSR count). The highest BCUT2D eigenvalue weighted by atomic mass is 16.5. The summed E-state index contributed by atoms with van der Waals surface area (Å²) in [7, 11) is 0. The molecule has 2 aliphatic carbocycles. The van der Waals surface area contributed by atoms with E-state index in [1.807, 2.05) is 19.1 Å². The number of hydrogen-bond acceptors (Lipinski definition) is 6. The lowest BCUT2D eigenvalue weighted by molar-refractivity contribution is -0.123. The average Bonchev–Trinajstić information content (AvgIpc) is 3.53. The van der Waals surface area contributed by atoms with Gasteiger partial charge in [-0.1, -0.05) is 12.2 Å². The molecule has 2 fully saturated rings. The Hall–Kier alpha value is -3.94. The fraction of sp³-hybridized carbons (Fsp3) is 0.308. The van der Waals surface area contributed by atoms with Crippen LogP contribution in [0.1, 0.15) is 23.7 Å². The van der Waals surface area contributed by atoms with Gasteiger partial charge in [0.1, 0.15) is 5.75 Å². The second-order valence-electron chi connectivity index (χ2n) is 8.64. The first-order valence-electron chi connectivity index (χ1n) is 11.3. The van der Waals surface area contributed by atoms with Crippen molar-refractivity contribution in [3.8, 4) is 5.75 Å². The highest BCUT2D eigenvalue weighted by Crippen LogP contribution is 2.53. The van der Waals surface area contributed by atoms with E-state index >= 15 is 0 Å². The molecule has 3 amide bonds. The van der Waals surface area contributed by atoms with E-state index in [1.165, 1.54) is 17.0 Å². The molecule has 8 heteroatoms. The molecule has 174 valence electrons. The van der Waals surface area contributed by atoms with Crippen LogP contribution in [-0.2, 0) is 19.1 Å². The van der Waals surface area contributed by atoms with E-state index in [-0.39, 0.29) is 41.0 Å². The standard InChI is InChI=1S/C26H24N2O6/c1-2-33-20-11-7-18(8-12-20)27-21(29)14-34-26(32)15-5-9-19(10-6-15)28-24(30)22-16-3-4-17(13-16)23(22)25(28)31/h3-12,16-17,22-23H,2,13-14H2,1H3,(H,27,29)/t16-,17-,22-,23-/m0/s1. The fourth-order valence-corrected chi connectivity index (χ4v) is 5.12. The van der Waals surface area contributed by atoms with Gasteiger partial charge >= 0.3 is 5.97 Å². The topological polar surface area (TPSA) is 102 Å². The zero-order valence-electron chi connectivity index (χ0n) is 18.6. The van der Waals surface area contributed by atoms with Crippen LogP contribution >= 0.6 is 0 Å². The van der Waals surface area contributed by atoms with E-state index in [0.717, 1.165) is 6.42 Å². The average molecular weight is 460 g/mol. The molecule has 2 aromatic rings. The van der Waals surface area contributed by atoms with Crippen molar-refractivity contribution in [2.24, 2.45) is 23.7 Å². The van der Waals surface area contributed by atoms with Crippen molar-refractivity contribution in [2.45, 2.75) is 13.3 Å². The van der Waals surface area contributed by atoms with Crippen LogP contribution in [0.4, 0.5) is 11.4 Å². The minimum atomic E-state index is -0.674. The van der Waals surface area contributed by atoms with Crippen molar-refractivity contribution >= 4 is 35.1 Å². The van der Waals surface area contributed by atoms with Crippen molar-refractivity contribution in [1.29, 1.82) is 0 Å². The maximum atomic E-state index is 12.9. The van der Waals surface area contributed by atoms with Gasteiger partial charge in [-0.2, -0.15) is 0 Å². The molecule has 8 nitrogen and oxygen atoms in total. The summed E-state index contributed by atoms with van der Waals surface area (Å²) < 4.78 is 10.5. The third-order valence-corrected chi connectivity index (χ3v) is 6.61. The van der Waals surface area contributed by atoms with Crippen molar-refractivity contribution in [1.82, 2.24) is 0 Å². The Kier molecular flexibility index (Phi) is 5.65. The number of fused-ring (bicyclic) bond motifs is 5. The second kappa shape index (κ2) is 8.78. The van der Waals surface area contributed by atoms with E-state index in [1.54, 1.807) is 36.4 Å². The molecule has 0 radical (unpaired) electrons. The summed E-state index contributed by atoms with van der Waals surface area (Å²) in [4.78, 5) is 51.5. The van der Waals surface area contributed by atoms with E-state index in [0.29, 0.717) is 23.7 Å². The van der Waals surface area contributed by atoms with Crippen molar-refractivity contribution in [2.75, 3.05) is 23.4 Å². The normalized spacial score (nSPS) is 24.3. The van der Waals surface area contributed by atoms with Crippen LogP contribution in [0.5, 0.6) is 5.75 Å². The molecule has 1 saturated carbocycles. The van der Waals surface area contributed by atoms with Gasteiger partial charge in [0, 0.05) is 5.69 Å². The summed E-state index contributed by atoms with van der Waals surface area (Å²) in [5.41, 5.74) is 1.22. The van der Waals surface area contributed by atoms with E-state index < -0.39 is 18.5 Å². The van der Waals surface area contributed by atoms with Crippen molar-refractivity contribution < 1.29 is 28.7 Å². The van der Waals surface area contributed by atoms with Crippen LogP contribution in [0.25, 0.3) is 0 Å². The molecular formula is C26H24N2O6. The monoisotopic (exact) mass is 460 g/mol. The van der Waals surface area contributed by atoms with Gasteiger partial charge in [0.2, 0.25) is 11.8 Å². The van der Waals surface area contributed by atoms with Crippen LogP contribution in [0.3, 0.4) is 0 Å². The Morgan fingerprint density at radius 2 is 1.56 bits per heavy atom. The zero-order chi connectivity index (χ0) is 23.8. The van der Waals surface area contributed by atoms with E-state index in [4.69, 9.17) is 9.47 Å². The first kappa shape index (κ1) is 21.9. The van der Waals surface area contributed by atoms with Crippen molar-refractivity contribution in [3.05, 3.63) is 66.2 Å². The fourth-order valence-electron chi connectivity index (χ4n) is 5.12. The van der Waals surface area contributed by atoms with Gasteiger partial charge in [0.15, 0.2) is 6.61 Å². The number of nitrogens with one attached hydrogen (secondary N) is 1. The lowest BCUT2D eigenvalue weighted by Gasteiger charge is -2.17. The van der Waals surface area contributed by atoms with Gasteiger partial charge in [-0.15, -0.1) is 0 Å². The van der Waals surface area contributed by atoms with Gasteiger partial charge < -0.3 is 14.8 Å². The molecule has 1 heterocycles. The van der Waals surface area contributed by atoms with Gasteiger partial charge in [-0.25, -0.2) is 4.79 Å². The number of ether oxygens (including phenoxy) is 2. The SMILES string of the molecule is CCOc1ccc(NC(=O)COC(=O)c2ccc(N3C(=O)[C@@H]4[C@@H](C3=O)[C@H]3C=C[C@H]4C3)cc2)cc1. The summed E-state index contributed by atoms with van der Waals surface area (Å²) in [6.07, 6.45) is 4.97. The maximum Gasteiger partial charge on any atom is 0.338 e. The van der Waals surface area contributed by atoms with Gasteiger partial charge in [-0.3, -0.25) is 19.3 Å². The van der Waals surface area contributed by atoms with Crippen LogP contribution < -0.4 is 15.0 Å². The number of benzene rings is 2. The predicted molar refractivity (Wildman–Crippen MR) is 123 cm³/mol. The van der Waals surface area contributed by atoms with Gasteiger partial charge in [0.05, 0.1) is 29.7 Å². The quantitative estimate of drug-likeness (QED) is 0.387. The predicted octanol–water partition coefficient (Wildman–Crippen LogP) is 3.19. The molecule has 0 aromatic heterocycles. The smallest absolute Gasteiger partial charge is 0.338 e. The zero-order valence-corrected chi connectivity index (χ0v) is 18.6. The number of allylic oxidation sites excluding steroid dienone is 2. The Balaban J connectivity index is 1.16. The number of carbonyl (C=O) groups is 4. The number of amides is 3. The first-order chi connectivity index (χ1) is 16.5. The molecule has 3 aliphatic rings. The molecule has 34 heavy (non-hydrogen) atoms. The first-order valence-corrected chi connectivity index (χ1v) is 11.3. The lowest BCUT2D eigenvalue weighted by Crippen LogP contribution is -2.32. The molecule has 1 aliphatic heterocycles.